The fourth-order valence-corrected chi connectivity index (χ4v) is 3.30. The van der Waals surface area contributed by atoms with E-state index >= 15 is 0 Å². The van der Waals surface area contributed by atoms with Crippen LogP contribution in [0.3, 0.4) is 0 Å². The maximum absolute atomic E-state index is 2.40. The molecule has 0 amide bonds. The van der Waals surface area contributed by atoms with Crippen LogP contribution in [0.25, 0.3) is 0 Å². The van der Waals surface area contributed by atoms with Crippen molar-refractivity contribution < 1.29 is 19.3 Å². The van der Waals surface area contributed by atoms with Gasteiger partial charge in [0.05, 0.1) is 0 Å². The standard InChI is InChI=1S/C8H11P.W/c1-9(2)8-6-4-3-5-7-8;/h3-7H,1-2H3;/q;-1/p+1. The van der Waals surface area contributed by atoms with Gasteiger partial charge in [0, 0.05) is 0 Å². The molecule has 0 heterocycles. The Morgan fingerprint density at radius 2 is 1.60 bits per heavy atom. The molecule has 0 aromatic heterocycles. The first-order chi connectivity index (χ1) is 4.61. The van der Waals surface area contributed by atoms with Crippen LogP contribution >= 0.6 is 5.35 Å². The van der Waals surface area contributed by atoms with Crippen LogP contribution in [0.15, 0.2) is 30.3 Å². The van der Waals surface area contributed by atoms with Crippen molar-refractivity contribution in [1.29, 1.82) is 0 Å². The summed E-state index contributed by atoms with van der Waals surface area (Å²) in [6, 6.07) is 10.8. The molecule has 0 saturated heterocycles. The number of benzene rings is 1. The molecular formula is C8H12PW. The third-order valence-corrected chi connectivity index (χ3v) is 5.73. The summed E-state index contributed by atoms with van der Waals surface area (Å²) in [6.07, 6.45) is 0. The third kappa shape index (κ3) is 2.18. The van der Waals surface area contributed by atoms with Gasteiger partial charge in [-0.15, -0.1) is 0 Å². The normalized spacial score (nSPS) is 13.0. The second-order valence-corrected chi connectivity index (χ2v) is 17.5. The Labute approximate surface area is 73.7 Å². The average Bonchev–Trinajstić information content (AvgIpc) is 1.88. The number of hydrogen-bond donors (Lipinski definition) is 0. The van der Waals surface area contributed by atoms with Gasteiger partial charge < -0.3 is 0 Å². The molecular weight excluding hydrogens is 311 g/mol. The monoisotopic (exact) mass is 323 g/mol. The van der Waals surface area contributed by atoms with Crippen molar-refractivity contribution in [3.63, 3.8) is 0 Å². The summed E-state index contributed by atoms with van der Waals surface area (Å²) in [6.45, 7) is 4.80. The molecule has 0 spiro atoms. The van der Waals surface area contributed by atoms with E-state index in [2.05, 4.69) is 43.7 Å². The first-order valence-electron chi connectivity index (χ1n) is 3.36. The molecule has 0 aliphatic rings. The van der Waals surface area contributed by atoms with Crippen molar-refractivity contribution in [1.82, 2.24) is 0 Å². The van der Waals surface area contributed by atoms with Crippen molar-refractivity contribution in [3.05, 3.63) is 30.3 Å². The Hall–Kier alpha value is 0.338. The van der Waals surface area contributed by atoms with Gasteiger partial charge in [0.1, 0.15) is 0 Å². The SMILES string of the molecule is C[PH](C)([W])c1ccccc1. The van der Waals surface area contributed by atoms with Gasteiger partial charge in [-0.3, -0.25) is 0 Å². The van der Waals surface area contributed by atoms with E-state index in [1.165, 1.54) is 0 Å². The quantitative estimate of drug-likeness (QED) is 0.692. The first kappa shape index (κ1) is 8.44. The summed E-state index contributed by atoms with van der Waals surface area (Å²) in [5.41, 5.74) is 0. The summed E-state index contributed by atoms with van der Waals surface area (Å²) in [7, 11) is 0. The Bertz CT molecular complexity index is 200. The van der Waals surface area contributed by atoms with Crippen LogP contribution in [0.4, 0.5) is 0 Å². The average molecular weight is 323 g/mol. The number of hydrogen-bond acceptors (Lipinski definition) is 0. The predicted octanol–water partition coefficient (Wildman–Crippen LogP) is 1.78. The van der Waals surface area contributed by atoms with Crippen LogP contribution in [-0.4, -0.2) is 13.3 Å². The summed E-state index contributed by atoms with van der Waals surface area (Å²) < 4.78 is 0. The van der Waals surface area contributed by atoms with Gasteiger partial charge in [-0.25, -0.2) is 0 Å². The molecule has 0 nitrogen and oxygen atoms in total. The number of rotatable bonds is 1. The van der Waals surface area contributed by atoms with Crippen molar-refractivity contribution in [2.45, 2.75) is 0 Å². The summed E-state index contributed by atoms with van der Waals surface area (Å²) in [5.74, 6) is 0. The molecule has 0 radical (unpaired) electrons. The van der Waals surface area contributed by atoms with E-state index in [-0.39, 0.29) is 0 Å². The molecule has 1 rings (SSSR count). The Kier molecular flexibility index (Phi) is 2.66. The summed E-state index contributed by atoms with van der Waals surface area (Å²) in [5, 5.41) is 0.624. The Morgan fingerprint density at radius 1 is 1.10 bits per heavy atom. The molecule has 1 aromatic rings. The zero-order valence-electron chi connectivity index (χ0n) is 6.29. The summed E-state index contributed by atoms with van der Waals surface area (Å²) in [4.78, 5) is 0. The van der Waals surface area contributed by atoms with Gasteiger partial charge >= 0.3 is 73.6 Å². The predicted molar refractivity (Wildman–Crippen MR) is 46.2 cm³/mol. The molecule has 0 fully saturated rings. The fourth-order valence-electron chi connectivity index (χ4n) is 0.840. The van der Waals surface area contributed by atoms with Crippen LogP contribution < -0.4 is 5.30 Å². The third-order valence-electron chi connectivity index (χ3n) is 1.47. The molecule has 0 N–H and O–H groups in total. The van der Waals surface area contributed by atoms with Gasteiger partial charge in [-0.1, -0.05) is 0 Å². The van der Waals surface area contributed by atoms with Crippen LogP contribution in [-0.2, 0) is 19.3 Å². The molecule has 55 valence electrons. The second-order valence-electron chi connectivity index (χ2n) is 2.88. The molecule has 2 heteroatoms. The van der Waals surface area contributed by atoms with E-state index < -0.39 is 5.35 Å². The zero-order valence-corrected chi connectivity index (χ0v) is 10.2. The van der Waals surface area contributed by atoms with Gasteiger partial charge in [0.2, 0.25) is 0 Å². The molecule has 0 atom stereocenters. The van der Waals surface area contributed by atoms with Crippen molar-refractivity contribution in [3.8, 4) is 0 Å². The molecule has 10 heavy (non-hydrogen) atoms. The zero-order chi connectivity index (χ0) is 7.61. The van der Waals surface area contributed by atoms with Crippen LogP contribution in [0.1, 0.15) is 0 Å². The van der Waals surface area contributed by atoms with Crippen LogP contribution in [0.5, 0.6) is 0 Å². The molecule has 0 bridgehead atoms. The molecule has 0 aliphatic carbocycles. The van der Waals surface area contributed by atoms with Crippen molar-refractivity contribution in [2.24, 2.45) is 0 Å². The first-order valence-corrected chi connectivity index (χ1v) is 10.7. The van der Waals surface area contributed by atoms with Gasteiger partial charge in [-0.05, 0) is 0 Å². The minimum atomic E-state index is -0.950. The topological polar surface area (TPSA) is 0 Å². The minimum absolute atomic E-state index is 0.950. The Morgan fingerprint density at radius 3 is 1.90 bits per heavy atom. The van der Waals surface area contributed by atoms with Crippen LogP contribution in [0.2, 0.25) is 0 Å². The van der Waals surface area contributed by atoms with Crippen molar-refractivity contribution >= 4 is 10.7 Å². The molecule has 0 saturated carbocycles. The summed E-state index contributed by atoms with van der Waals surface area (Å²) >= 11 is 1.76. The Balaban J connectivity index is 2.97. The molecule has 1 aromatic carbocycles. The molecule has 0 unspecified atom stereocenters. The van der Waals surface area contributed by atoms with E-state index in [1.54, 1.807) is 24.6 Å². The van der Waals surface area contributed by atoms with Crippen molar-refractivity contribution in [2.75, 3.05) is 13.3 Å². The van der Waals surface area contributed by atoms with E-state index in [9.17, 15) is 0 Å². The second kappa shape index (κ2) is 3.16. The van der Waals surface area contributed by atoms with E-state index in [1.807, 2.05) is 0 Å². The van der Waals surface area contributed by atoms with Gasteiger partial charge in [-0.2, -0.15) is 0 Å². The van der Waals surface area contributed by atoms with E-state index in [0.29, 0.717) is 0 Å². The van der Waals surface area contributed by atoms with Gasteiger partial charge in [0.25, 0.3) is 0 Å². The molecule has 0 aliphatic heterocycles. The van der Waals surface area contributed by atoms with Gasteiger partial charge in [0.15, 0.2) is 0 Å². The maximum atomic E-state index is 2.40. The van der Waals surface area contributed by atoms with E-state index in [0.717, 1.165) is 0 Å². The fraction of sp³-hybridized carbons (Fsp3) is 0.250. The van der Waals surface area contributed by atoms with Crippen LogP contribution in [0, 0.1) is 0 Å². The van der Waals surface area contributed by atoms with E-state index in [4.69, 9.17) is 0 Å².